The summed E-state index contributed by atoms with van der Waals surface area (Å²) in [7, 11) is 0. The maximum atomic E-state index is 13.0. The SMILES string of the molecule is CCc1ccccc1NC(=O)C1CCCN(C(=O)c2cc(-c3cccnc3)n[nH]2)C1. The molecule has 0 saturated carbocycles. The Morgan fingerprint density at radius 1 is 1.23 bits per heavy atom. The first-order valence-corrected chi connectivity index (χ1v) is 10.3. The van der Waals surface area contributed by atoms with Crippen molar-refractivity contribution in [3.05, 3.63) is 66.1 Å². The van der Waals surface area contributed by atoms with Gasteiger partial charge in [0.25, 0.3) is 5.91 Å². The summed E-state index contributed by atoms with van der Waals surface area (Å²) in [6, 6.07) is 13.3. The first-order valence-electron chi connectivity index (χ1n) is 10.3. The Labute approximate surface area is 175 Å². The molecular formula is C23H25N5O2. The van der Waals surface area contributed by atoms with Gasteiger partial charge >= 0.3 is 0 Å². The van der Waals surface area contributed by atoms with Crippen molar-refractivity contribution in [2.24, 2.45) is 5.92 Å². The minimum Gasteiger partial charge on any atom is -0.337 e. The summed E-state index contributed by atoms with van der Waals surface area (Å²) in [5, 5.41) is 10.1. The molecule has 1 aliphatic rings. The van der Waals surface area contributed by atoms with E-state index in [4.69, 9.17) is 0 Å². The van der Waals surface area contributed by atoms with E-state index in [0.717, 1.165) is 36.1 Å². The number of anilines is 1. The number of rotatable bonds is 5. The van der Waals surface area contributed by atoms with Gasteiger partial charge in [0, 0.05) is 36.7 Å². The zero-order chi connectivity index (χ0) is 20.9. The molecule has 1 atom stereocenters. The molecule has 1 aliphatic heterocycles. The topological polar surface area (TPSA) is 91.0 Å². The Balaban J connectivity index is 1.43. The van der Waals surface area contributed by atoms with E-state index in [1.165, 1.54) is 0 Å². The predicted molar refractivity (Wildman–Crippen MR) is 115 cm³/mol. The van der Waals surface area contributed by atoms with Crippen LogP contribution in [-0.2, 0) is 11.2 Å². The van der Waals surface area contributed by atoms with Crippen molar-refractivity contribution in [1.29, 1.82) is 0 Å². The number of amides is 2. The number of piperidine rings is 1. The van der Waals surface area contributed by atoms with Crippen LogP contribution in [0.3, 0.4) is 0 Å². The molecule has 0 radical (unpaired) electrons. The van der Waals surface area contributed by atoms with Crippen LogP contribution in [0.2, 0.25) is 0 Å². The van der Waals surface area contributed by atoms with E-state index in [9.17, 15) is 9.59 Å². The van der Waals surface area contributed by atoms with Crippen molar-refractivity contribution in [2.75, 3.05) is 18.4 Å². The van der Waals surface area contributed by atoms with Gasteiger partial charge in [-0.3, -0.25) is 19.7 Å². The second-order valence-corrected chi connectivity index (χ2v) is 7.50. The number of aryl methyl sites for hydroxylation is 1. The summed E-state index contributed by atoms with van der Waals surface area (Å²) in [4.78, 5) is 31.7. The molecule has 1 aromatic carbocycles. The molecule has 7 heteroatoms. The molecule has 30 heavy (non-hydrogen) atoms. The van der Waals surface area contributed by atoms with Crippen molar-refractivity contribution in [1.82, 2.24) is 20.1 Å². The van der Waals surface area contributed by atoms with Crippen LogP contribution in [0.15, 0.2) is 54.9 Å². The third-order valence-electron chi connectivity index (χ3n) is 5.50. The van der Waals surface area contributed by atoms with E-state index in [-0.39, 0.29) is 17.7 Å². The van der Waals surface area contributed by atoms with Gasteiger partial charge in [-0.25, -0.2) is 0 Å². The van der Waals surface area contributed by atoms with Crippen molar-refractivity contribution >= 4 is 17.5 Å². The first kappa shape index (κ1) is 19.8. The van der Waals surface area contributed by atoms with E-state index in [0.29, 0.717) is 24.5 Å². The van der Waals surface area contributed by atoms with Gasteiger partial charge in [-0.15, -0.1) is 0 Å². The van der Waals surface area contributed by atoms with Crippen LogP contribution in [0.4, 0.5) is 5.69 Å². The number of aromatic nitrogens is 3. The summed E-state index contributed by atoms with van der Waals surface area (Å²) in [5.41, 5.74) is 3.90. The number of para-hydroxylation sites is 1. The molecule has 2 N–H and O–H groups in total. The van der Waals surface area contributed by atoms with Gasteiger partial charge in [-0.2, -0.15) is 5.10 Å². The standard InChI is InChI=1S/C23H25N5O2/c1-2-16-7-3-4-10-19(16)25-22(29)18-9-6-12-28(15-18)23(30)21-13-20(26-27-21)17-8-5-11-24-14-17/h3-5,7-8,10-11,13-14,18H,2,6,9,12,15H2,1H3,(H,25,29)(H,26,27). The second kappa shape index (κ2) is 8.90. The molecule has 0 aliphatic carbocycles. The number of benzene rings is 1. The third kappa shape index (κ3) is 4.25. The quantitative estimate of drug-likeness (QED) is 0.682. The van der Waals surface area contributed by atoms with Gasteiger partial charge in [0.15, 0.2) is 0 Å². The van der Waals surface area contributed by atoms with Crippen LogP contribution in [0.5, 0.6) is 0 Å². The van der Waals surface area contributed by atoms with Gasteiger partial charge in [0.05, 0.1) is 11.6 Å². The number of hydrogen-bond donors (Lipinski definition) is 2. The number of likely N-dealkylation sites (tertiary alicyclic amines) is 1. The Morgan fingerprint density at radius 2 is 2.10 bits per heavy atom. The lowest BCUT2D eigenvalue weighted by molar-refractivity contribution is -0.121. The summed E-state index contributed by atoms with van der Waals surface area (Å²) >= 11 is 0. The van der Waals surface area contributed by atoms with E-state index < -0.39 is 0 Å². The number of carbonyl (C=O) groups is 2. The van der Waals surface area contributed by atoms with Crippen molar-refractivity contribution in [3.63, 3.8) is 0 Å². The van der Waals surface area contributed by atoms with Gasteiger partial charge < -0.3 is 10.2 Å². The molecule has 154 valence electrons. The number of pyridine rings is 1. The zero-order valence-corrected chi connectivity index (χ0v) is 17.0. The Kier molecular flexibility index (Phi) is 5.88. The molecule has 1 fully saturated rings. The molecule has 7 nitrogen and oxygen atoms in total. The first-order chi connectivity index (χ1) is 14.7. The minimum absolute atomic E-state index is 0.0333. The van der Waals surface area contributed by atoms with Crippen molar-refractivity contribution in [2.45, 2.75) is 26.2 Å². The largest absolute Gasteiger partial charge is 0.337 e. The van der Waals surface area contributed by atoms with Crippen LogP contribution >= 0.6 is 0 Å². The number of aromatic amines is 1. The molecule has 1 unspecified atom stereocenters. The Hall–Kier alpha value is -3.48. The molecule has 2 aromatic heterocycles. The highest BCUT2D eigenvalue weighted by Gasteiger charge is 2.30. The molecular weight excluding hydrogens is 378 g/mol. The number of H-pyrrole nitrogens is 1. The lowest BCUT2D eigenvalue weighted by Gasteiger charge is -2.31. The number of nitrogens with zero attached hydrogens (tertiary/aromatic N) is 3. The smallest absolute Gasteiger partial charge is 0.271 e. The molecule has 3 aromatic rings. The van der Waals surface area contributed by atoms with Gasteiger partial charge in [-0.1, -0.05) is 25.1 Å². The number of hydrogen-bond acceptors (Lipinski definition) is 4. The maximum Gasteiger partial charge on any atom is 0.271 e. The fraction of sp³-hybridized carbons (Fsp3) is 0.304. The lowest BCUT2D eigenvalue weighted by Crippen LogP contribution is -2.44. The molecule has 1 saturated heterocycles. The lowest BCUT2D eigenvalue weighted by atomic mass is 9.96. The fourth-order valence-corrected chi connectivity index (χ4v) is 3.82. The summed E-state index contributed by atoms with van der Waals surface area (Å²) in [6.45, 7) is 3.10. The summed E-state index contributed by atoms with van der Waals surface area (Å²) in [5.74, 6) is -0.397. The third-order valence-corrected chi connectivity index (χ3v) is 5.50. The van der Waals surface area contributed by atoms with E-state index in [1.807, 2.05) is 36.4 Å². The predicted octanol–water partition coefficient (Wildman–Crippen LogP) is 3.53. The maximum absolute atomic E-state index is 13.0. The van der Waals surface area contributed by atoms with Crippen LogP contribution in [0.25, 0.3) is 11.3 Å². The minimum atomic E-state index is -0.228. The fourth-order valence-electron chi connectivity index (χ4n) is 3.82. The Bertz CT molecular complexity index is 1030. The van der Waals surface area contributed by atoms with Crippen molar-refractivity contribution < 1.29 is 9.59 Å². The Morgan fingerprint density at radius 3 is 2.90 bits per heavy atom. The zero-order valence-electron chi connectivity index (χ0n) is 17.0. The normalized spacial score (nSPS) is 16.3. The van der Waals surface area contributed by atoms with E-state index >= 15 is 0 Å². The van der Waals surface area contributed by atoms with Crippen molar-refractivity contribution in [3.8, 4) is 11.3 Å². The molecule has 4 rings (SSSR count). The van der Waals surface area contributed by atoms with Crippen LogP contribution < -0.4 is 5.32 Å². The number of carbonyl (C=O) groups excluding carboxylic acids is 2. The average Bonchev–Trinajstić information content (AvgIpc) is 3.30. The van der Waals surface area contributed by atoms with E-state index in [2.05, 4.69) is 27.4 Å². The van der Waals surface area contributed by atoms with Gasteiger partial charge in [-0.05, 0) is 49.1 Å². The molecule has 0 spiro atoms. The molecule has 3 heterocycles. The molecule has 0 bridgehead atoms. The highest BCUT2D eigenvalue weighted by atomic mass is 16.2. The number of nitrogens with one attached hydrogen (secondary N) is 2. The van der Waals surface area contributed by atoms with Gasteiger partial charge in [0.1, 0.15) is 5.69 Å². The highest BCUT2D eigenvalue weighted by molar-refractivity contribution is 5.96. The summed E-state index contributed by atoms with van der Waals surface area (Å²) in [6.07, 6.45) is 5.82. The van der Waals surface area contributed by atoms with Crippen LogP contribution in [-0.4, -0.2) is 45.0 Å². The monoisotopic (exact) mass is 403 g/mol. The van der Waals surface area contributed by atoms with Crippen LogP contribution in [0, 0.1) is 5.92 Å². The molecule has 2 amide bonds. The highest BCUT2D eigenvalue weighted by Crippen LogP contribution is 2.23. The van der Waals surface area contributed by atoms with Gasteiger partial charge in [0.2, 0.25) is 5.91 Å². The average molecular weight is 403 g/mol. The van der Waals surface area contributed by atoms with Crippen LogP contribution in [0.1, 0.15) is 35.8 Å². The second-order valence-electron chi connectivity index (χ2n) is 7.50. The van der Waals surface area contributed by atoms with E-state index in [1.54, 1.807) is 23.4 Å². The summed E-state index contributed by atoms with van der Waals surface area (Å²) < 4.78 is 0.